The molecule has 2 aliphatic carbocycles. The van der Waals surface area contributed by atoms with Gasteiger partial charge in [0.2, 0.25) is 0 Å². The van der Waals surface area contributed by atoms with E-state index in [0.29, 0.717) is 18.4 Å². The molecule has 28 heavy (non-hydrogen) atoms. The number of carbonyl (C=O) groups excluding carboxylic acids is 2. The van der Waals surface area contributed by atoms with Crippen LogP contribution in [-0.2, 0) is 19.1 Å². The molecule has 0 N–H and O–H groups in total. The van der Waals surface area contributed by atoms with Gasteiger partial charge in [-0.05, 0) is 76.3 Å². The smallest absolute Gasteiger partial charge is 0.310 e. The maximum Gasteiger partial charge on any atom is 0.310 e. The number of ether oxygens (including phenoxy) is 2. The van der Waals surface area contributed by atoms with Crippen LogP contribution >= 0.6 is 0 Å². The first-order valence-corrected chi connectivity index (χ1v) is 11.2. The zero-order valence-electron chi connectivity index (χ0n) is 17.5. The molecule has 5 nitrogen and oxygen atoms in total. The van der Waals surface area contributed by atoms with Crippen molar-refractivity contribution in [2.45, 2.75) is 64.9 Å². The molecule has 5 atom stereocenters. The molecule has 0 aromatic carbocycles. The number of hydrogen-bond donors (Lipinski definition) is 0. The molecule has 2 saturated heterocycles. The minimum absolute atomic E-state index is 0.00428. The number of rotatable bonds is 4. The highest BCUT2D eigenvalue weighted by atomic mass is 16.6. The monoisotopic (exact) mass is 389 g/mol. The van der Waals surface area contributed by atoms with Crippen LogP contribution in [0.1, 0.15) is 58.8 Å². The molecule has 0 radical (unpaired) electrons. The van der Waals surface area contributed by atoms with Gasteiger partial charge in [0.15, 0.2) is 0 Å². The van der Waals surface area contributed by atoms with E-state index in [-0.39, 0.29) is 35.3 Å². The van der Waals surface area contributed by atoms with Crippen molar-refractivity contribution in [2.75, 3.05) is 26.2 Å². The Balaban J connectivity index is 1.38. The Morgan fingerprint density at radius 3 is 2.82 bits per heavy atom. The minimum atomic E-state index is -0.0649. The van der Waals surface area contributed by atoms with E-state index in [1.807, 2.05) is 6.92 Å². The number of carbonyl (C=O) groups is 2. The van der Waals surface area contributed by atoms with Crippen molar-refractivity contribution in [3.63, 3.8) is 0 Å². The van der Waals surface area contributed by atoms with Gasteiger partial charge in [-0.2, -0.15) is 0 Å². The fourth-order valence-corrected chi connectivity index (χ4v) is 6.35. The largest absolute Gasteiger partial charge is 0.466 e. The van der Waals surface area contributed by atoms with Crippen LogP contribution < -0.4 is 0 Å². The summed E-state index contributed by atoms with van der Waals surface area (Å²) >= 11 is 0. The molecule has 0 unspecified atom stereocenters. The summed E-state index contributed by atoms with van der Waals surface area (Å²) < 4.78 is 11.1. The first-order chi connectivity index (χ1) is 13.4. The average molecular weight is 390 g/mol. The second-order valence-corrected chi connectivity index (χ2v) is 9.73. The van der Waals surface area contributed by atoms with Crippen molar-refractivity contribution in [3.05, 3.63) is 12.2 Å². The van der Waals surface area contributed by atoms with Gasteiger partial charge in [-0.1, -0.05) is 19.1 Å². The normalized spacial score (nSPS) is 39.2. The molecule has 4 rings (SSSR count). The molecule has 156 valence electrons. The van der Waals surface area contributed by atoms with E-state index in [0.717, 1.165) is 51.7 Å². The average Bonchev–Trinajstić information content (AvgIpc) is 2.95. The lowest BCUT2D eigenvalue weighted by Gasteiger charge is -2.50. The van der Waals surface area contributed by atoms with E-state index in [4.69, 9.17) is 9.47 Å². The Bertz CT molecular complexity index is 639. The highest BCUT2D eigenvalue weighted by molar-refractivity contribution is 5.76. The van der Waals surface area contributed by atoms with Crippen LogP contribution in [0.15, 0.2) is 12.2 Å². The van der Waals surface area contributed by atoms with Crippen LogP contribution in [0.5, 0.6) is 0 Å². The number of allylic oxidation sites excluding steroid dienone is 1. The maximum absolute atomic E-state index is 12.7. The minimum Gasteiger partial charge on any atom is -0.466 e. The van der Waals surface area contributed by atoms with Crippen LogP contribution in [0.4, 0.5) is 0 Å². The fraction of sp³-hybridized carbons (Fsp3) is 0.826. The Labute approximate surface area is 168 Å². The van der Waals surface area contributed by atoms with Gasteiger partial charge >= 0.3 is 11.9 Å². The number of nitrogens with zero attached hydrogens (tertiary/aromatic N) is 1. The molecule has 4 aliphatic rings. The Kier molecular flexibility index (Phi) is 5.56. The summed E-state index contributed by atoms with van der Waals surface area (Å²) in [5, 5.41) is 0. The van der Waals surface area contributed by atoms with E-state index >= 15 is 0 Å². The van der Waals surface area contributed by atoms with E-state index in [1.165, 1.54) is 18.4 Å². The molecule has 0 spiro atoms. The predicted octanol–water partition coefficient (Wildman–Crippen LogP) is 3.58. The SMILES string of the molecule is C=C1CCC[C@@]2(C)C[C@@H]3OC(=O)[C@@H](CN4CCC(C(=O)OCC)CC4)[C@H]3C[C@H]12. The molecular formula is C23H35NO4. The number of fused-ring (bicyclic) bond motifs is 2. The van der Waals surface area contributed by atoms with Gasteiger partial charge in [0.25, 0.3) is 0 Å². The van der Waals surface area contributed by atoms with Gasteiger partial charge < -0.3 is 14.4 Å². The third-order valence-electron chi connectivity index (χ3n) is 7.98. The molecule has 2 saturated carbocycles. The molecule has 2 aliphatic heterocycles. The molecule has 0 bridgehead atoms. The summed E-state index contributed by atoms with van der Waals surface area (Å²) in [6.07, 6.45) is 7.36. The van der Waals surface area contributed by atoms with E-state index in [9.17, 15) is 9.59 Å². The van der Waals surface area contributed by atoms with E-state index in [2.05, 4.69) is 18.4 Å². The van der Waals surface area contributed by atoms with Gasteiger partial charge in [-0.25, -0.2) is 0 Å². The summed E-state index contributed by atoms with van der Waals surface area (Å²) in [5.74, 6) is 0.779. The Morgan fingerprint density at radius 2 is 2.11 bits per heavy atom. The Morgan fingerprint density at radius 1 is 1.36 bits per heavy atom. The van der Waals surface area contributed by atoms with Crippen molar-refractivity contribution in [2.24, 2.45) is 29.1 Å². The summed E-state index contributed by atoms with van der Waals surface area (Å²) in [5.41, 5.74) is 1.64. The van der Waals surface area contributed by atoms with Gasteiger partial charge in [-0.15, -0.1) is 0 Å². The van der Waals surface area contributed by atoms with Crippen LogP contribution in [-0.4, -0.2) is 49.2 Å². The number of hydrogen-bond acceptors (Lipinski definition) is 5. The summed E-state index contributed by atoms with van der Waals surface area (Å²) in [6.45, 7) is 11.5. The molecule has 0 amide bonds. The summed E-state index contributed by atoms with van der Waals surface area (Å²) in [4.78, 5) is 27.0. The molecule has 4 fully saturated rings. The number of likely N-dealkylation sites (tertiary alicyclic amines) is 1. The zero-order valence-corrected chi connectivity index (χ0v) is 17.5. The lowest BCUT2D eigenvalue weighted by Crippen LogP contribution is -2.46. The third-order valence-corrected chi connectivity index (χ3v) is 7.98. The van der Waals surface area contributed by atoms with Gasteiger partial charge in [-0.3, -0.25) is 9.59 Å². The van der Waals surface area contributed by atoms with Crippen LogP contribution in [0.25, 0.3) is 0 Å². The van der Waals surface area contributed by atoms with Crippen LogP contribution in [0, 0.1) is 29.1 Å². The standard InChI is InChI=1S/C23H35NO4/c1-4-27-21(25)16-7-10-24(11-8-16)14-18-17-12-19-15(2)6-5-9-23(19,3)13-20(17)28-22(18)26/h16-20H,2,4-14H2,1,3H3/t17-,18+,19-,20+,23+/m1/s1. The highest BCUT2D eigenvalue weighted by Gasteiger charge is 2.55. The van der Waals surface area contributed by atoms with Crippen molar-refractivity contribution in [1.29, 1.82) is 0 Å². The van der Waals surface area contributed by atoms with E-state index < -0.39 is 0 Å². The van der Waals surface area contributed by atoms with Crippen molar-refractivity contribution < 1.29 is 19.1 Å². The quantitative estimate of drug-likeness (QED) is 0.543. The molecule has 2 heterocycles. The van der Waals surface area contributed by atoms with Crippen molar-refractivity contribution >= 4 is 11.9 Å². The second kappa shape index (κ2) is 7.81. The Hall–Kier alpha value is -1.36. The first kappa shape index (κ1) is 19.9. The summed E-state index contributed by atoms with van der Waals surface area (Å²) in [6, 6.07) is 0. The predicted molar refractivity (Wildman–Crippen MR) is 106 cm³/mol. The molecular weight excluding hydrogens is 354 g/mol. The molecule has 5 heteroatoms. The first-order valence-electron chi connectivity index (χ1n) is 11.2. The topological polar surface area (TPSA) is 55.8 Å². The maximum atomic E-state index is 12.7. The molecule has 0 aromatic rings. The van der Waals surface area contributed by atoms with E-state index in [1.54, 1.807) is 0 Å². The van der Waals surface area contributed by atoms with Crippen LogP contribution in [0.2, 0.25) is 0 Å². The number of esters is 2. The van der Waals surface area contributed by atoms with Gasteiger partial charge in [0.05, 0.1) is 18.4 Å². The number of piperidine rings is 1. The zero-order chi connectivity index (χ0) is 19.9. The van der Waals surface area contributed by atoms with Gasteiger partial charge in [0, 0.05) is 12.5 Å². The van der Waals surface area contributed by atoms with Crippen molar-refractivity contribution in [3.8, 4) is 0 Å². The fourth-order valence-electron chi connectivity index (χ4n) is 6.35. The lowest BCUT2D eigenvalue weighted by atomic mass is 9.55. The van der Waals surface area contributed by atoms with Crippen LogP contribution in [0.3, 0.4) is 0 Å². The third kappa shape index (κ3) is 3.62. The summed E-state index contributed by atoms with van der Waals surface area (Å²) in [7, 11) is 0. The highest BCUT2D eigenvalue weighted by Crippen LogP contribution is 2.56. The molecule has 0 aromatic heterocycles. The van der Waals surface area contributed by atoms with Crippen molar-refractivity contribution in [1.82, 2.24) is 4.90 Å². The lowest BCUT2D eigenvalue weighted by molar-refractivity contribution is -0.150. The van der Waals surface area contributed by atoms with Gasteiger partial charge in [0.1, 0.15) is 6.10 Å². The second-order valence-electron chi connectivity index (χ2n) is 9.73.